The van der Waals surface area contributed by atoms with E-state index >= 15 is 0 Å². The molecule has 6 heteroatoms. The Bertz CT molecular complexity index is 351. The number of hydrogen-bond acceptors (Lipinski definition) is 6. The van der Waals surface area contributed by atoms with Crippen LogP contribution in [-0.2, 0) is 28.5 Å². The number of unbranched alkanes of at least 4 members (excludes halogenated alkanes) is 9. The van der Waals surface area contributed by atoms with Crippen LogP contribution in [0.15, 0.2) is 0 Å². The van der Waals surface area contributed by atoms with Crippen LogP contribution in [0, 0.1) is 0 Å². The monoisotopic (exact) mass is 446 g/mol. The van der Waals surface area contributed by atoms with Crippen LogP contribution in [0.4, 0.5) is 0 Å². The van der Waals surface area contributed by atoms with Gasteiger partial charge in [0.1, 0.15) is 0 Å². The van der Waals surface area contributed by atoms with Crippen molar-refractivity contribution in [1.82, 2.24) is 0 Å². The maximum Gasteiger partial charge on any atom is 0.305 e. The van der Waals surface area contributed by atoms with E-state index < -0.39 is 0 Å². The number of carbonyl (C=O) groups excluding carboxylic acids is 1. The fourth-order valence-electron chi connectivity index (χ4n) is 3.03. The molecule has 0 rings (SSSR count). The van der Waals surface area contributed by atoms with Gasteiger partial charge in [0.25, 0.3) is 0 Å². The molecule has 0 aromatic rings. The molecule has 0 aliphatic carbocycles. The molecule has 0 bridgehead atoms. The second-order valence-electron chi connectivity index (χ2n) is 7.96. The summed E-state index contributed by atoms with van der Waals surface area (Å²) in [5, 5.41) is 0. The van der Waals surface area contributed by atoms with Crippen LogP contribution in [0.1, 0.15) is 97.3 Å². The lowest BCUT2D eigenvalue weighted by Crippen LogP contribution is -2.12. The van der Waals surface area contributed by atoms with Crippen molar-refractivity contribution in [3.05, 3.63) is 0 Å². The Labute approximate surface area is 191 Å². The second kappa shape index (κ2) is 27.3. The van der Waals surface area contributed by atoms with Gasteiger partial charge in [-0.25, -0.2) is 0 Å². The summed E-state index contributed by atoms with van der Waals surface area (Å²) in [6.45, 7) is 9.84. The lowest BCUT2D eigenvalue weighted by molar-refractivity contribution is -0.144. The summed E-state index contributed by atoms with van der Waals surface area (Å²) >= 11 is 0. The van der Waals surface area contributed by atoms with E-state index in [0.717, 1.165) is 25.9 Å². The standard InChI is InChI=1S/C25H50O6/c1-3-5-7-9-10-11-13-18-31-25(26)15-14-17-28-20-22-30-24-23-29-21-19-27-16-12-8-6-4-2/h3-24H2,1-2H3. The highest BCUT2D eigenvalue weighted by atomic mass is 16.6. The molecule has 6 nitrogen and oxygen atoms in total. The molecule has 31 heavy (non-hydrogen) atoms. The predicted molar refractivity (Wildman–Crippen MR) is 126 cm³/mol. The van der Waals surface area contributed by atoms with Crippen LogP contribution < -0.4 is 0 Å². The molecule has 0 atom stereocenters. The highest BCUT2D eigenvalue weighted by Gasteiger charge is 2.02. The molecule has 0 fully saturated rings. The molecular weight excluding hydrogens is 396 g/mol. The highest BCUT2D eigenvalue weighted by molar-refractivity contribution is 5.69. The van der Waals surface area contributed by atoms with E-state index in [1.54, 1.807) is 0 Å². The largest absolute Gasteiger partial charge is 0.466 e. The lowest BCUT2D eigenvalue weighted by atomic mass is 10.1. The van der Waals surface area contributed by atoms with Crippen molar-refractivity contribution in [1.29, 1.82) is 0 Å². The Morgan fingerprint density at radius 3 is 1.39 bits per heavy atom. The van der Waals surface area contributed by atoms with E-state index in [0.29, 0.717) is 65.7 Å². The third-order valence-corrected chi connectivity index (χ3v) is 4.94. The van der Waals surface area contributed by atoms with Gasteiger partial charge in [0.05, 0.1) is 46.2 Å². The van der Waals surface area contributed by atoms with Gasteiger partial charge in [-0.15, -0.1) is 0 Å². The summed E-state index contributed by atoms with van der Waals surface area (Å²) in [4.78, 5) is 11.7. The molecule has 0 amide bonds. The minimum Gasteiger partial charge on any atom is -0.466 e. The van der Waals surface area contributed by atoms with E-state index in [2.05, 4.69) is 13.8 Å². The molecular formula is C25H50O6. The average Bonchev–Trinajstić information content (AvgIpc) is 2.77. The third kappa shape index (κ3) is 27.3. The molecule has 0 aliphatic rings. The molecule has 0 aromatic heterocycles. The Kier molecular flexibility index (Phi) is 26.7. The fraction of sp³-hybridized carbons (Fsp3) is 0.960. The van der Waals surface area contributed by atoms with Gasteiger partial charge < -0.3 is 23.7 Å². The fourth-order valence-corrected chi connectivity index (χ4v) is 3.03. The summed E-state index contributed by atoms with van der Waals surface area (Å²) in [7, 11) is 0. The smallest absolute Gasteiger partial charge is 0.305 e. The Balaban J connectivity index is 3.11. The Morgan fingerprint density at radius 1 is 0.452 bits per heavy atom. The van der Waals surface area contributed by atoms with E-state index in [-0.39, 0.29) is 5.97 Å². The molecule has 0 heterocycles. The second-order valence-corrected chi connectivity index (χ2v) is 7.96. The Hall–Kier alpha value is -0.690. The summed E-state index contributed by atoms with van der Waals surface area (Å²) in [5.74, 6) is -0.118. The maximum atomic E-state index is 11.7. The summed E-state index contributed by atoms with van der Waals surface area (Å²) in [6.07, 6.45) is 14.6. The van der Waals surface area contributed by atoms with Crippen LogP contribution in [0.2, 0.25) is 0 Å². The zero-order chi connectivity index (χ0) is 22.7. The normalized spacial score (nSPS) is 11.2. The van der Waals surface area contributed by atoms with Gasteiger partial charge in [-0.2, -0.15) is 0 Å². The summed E-state index contributed by atoms with van der Waals surface area (Å²) < 4.78 is 27.2. The van der Waals surface area contributed by atoms with Crippen LogP contribution in [0.3, 0.4) is 0 Å². The van der Waals surface area contributed by atoms with E-state index in [4.69, 9.17) is 23.7 Å². The van der Waals surface area contributed by atoms with Crippen molar-refractivity contribution in [2.24, 2.45) is 0 Å². The minimum atomic E-state index is -0.118. The molecule has 186 valence electrons. The first-order valence-electron chi connectivity index (χ1n) is 12.8. The zero-order valence-corrected chi connectivity index (χ0v) is 20.5. The van der Waals surface area contributed by atoms with Crippen molar-refractivity contribution < 1.29 is 28.5 Å². The molecule has 0 unspecified atom stereocenters. The van der Waals surface area contributed by atoms with Gasteiger partial charge in [0.2, 0.25) is 0 Å². The topological polar surface area (TPSA) is 63.2 Å². The van der Waals surface area contributed by atoms with E-state index in [9.17, 15) is 4.79 Å². The summed E-state index contributed by atoms with van der Waals surface area (Å²) in [5.41, 5.74) is 0. The van der Waals surface area contributed by atoms with Crippen LogP contribution >= 0.6 is 0 Å². The molecule has 0 saturated carbocycles. The molecule has 0 N–H and O–H groups in total. The molecule has 0 spiro atoms. The van der Waals surface area contributed by atoms with Gasteiger partial charge >= 0.3 is 5.97 Å². The number of rotatable bonds is 26. The van der Waals surface area contributed by atoms with Gasteiger partial charge in [-0.1, -0.05) is 71.6 Å². The molecule has 0 saturated heterocycles. The van der Waals surface area contributed by atoms with Gasteiger partial charge in [-0.3, -0.25) is 4.79 Å². The first-order valence-corrected chi connectivity index (χ1v) is 12.8. The van der Waals surface area contributed by atoms with Gasteiger partial charge in [-0.05, 0) is 19.3 Å². The molecule has 0 aromatic carbocycles. The third-order valence-electron chi connectivity index (χ3n) is 4.94. The molecule has 0 aliphatic heterocycles. The Morgan fingerprint density at radius 2 is 0.839 bits per heavy atom. The van der Waals surface area contributed by atoms with E-state index in [1.165, 1.54) is 51.4 Å². The van der Waals surface area contributed by atoms with Crippen molar-refractivity contribution in [2.75, 3.05) is 59.5 Å². The number of carbonyl (C=O) groups is 1. The number of hydrogen-bond donors (Lipinski definition) is 0. The summed E-state index contributed by atoms with van der Waals surface area (Å²) in [6, 6.07) is 0. The quantitative estimate of drug-likeness (QED) is 0.125. The maximum absolute atomic E-state index is 11.7. The minimum absolute atomic E-state index is 0.118. The highest BCUT2D eigenvalue weighted by Crippen LogP contribution is 2.07. The van der Waals surface area contributed by atoms with Crippen LogP contribution in [0.5, 0.6) is 0 Å². The van der Waals surface area contributed by atoms with Gasteiger partial charge in [0.15, 0.2) is 0 Å². The average molecular weight is 447 g/mol. The zero-order valence-electron chi connectivity index (χ0n) is 20.5. The van der Waals surface area contributed by atoms with Crippen molar-refractivity contribution in [2.45, 2.75) is 97.3 Å². The van der Waals surface area contributed by atoms with Gasteiger partial charge in [0, 0.05) is 19.6 Å². The molecule has 0 radical (unpaired) electrons. The lowest BCUT2D eigenvalue weighted by Gasteiger charge is -2.08. The van der Waals surface area contributed by atoms with Crippen LogP contribution in [0.25, 0.3) is 0 Å². The van der Waals surface area contributed by atoms with E-state index in [1.807, 2.05) is 0 Å². The SMILES string of the molecule is CCCCCCCCCOC(=O)CCCOCCOCCOCCOCCCCCC. The predicted octanol–water partition coefficient (Wildman–Crippen LogP) is 5.71. The van der Waals surface area contributed by atoms with Crippen molar-refractivity contribution in [3.8, 4) is 0 Å². The first-order chi connectivity index (χ1) is 15.3. The van der Waals surface area contributed by atoms with Crippen molar-refractivity contribution >= 4 is 5.97 Å². The van der Waals surface area contributed by atoms with Crippen molar-refractivity contribution in [3.63, 3.8) is 0 Å². The number of esters is 1. The first kappa shape index (κ1) is 30.3. The number of ether oxygens (including phenoxy) is 5. The van der Waals surface area contributed by atoms with Crippen LogP contribution in [-0.4, -0.2) is 65.4 Å².